The summed E-state index contributed by atoms with van der Waals surface area (Å²) in [4.78, 5) is 4.27. The van der Waals surface area contributed by atoms with Gasteiger partial charge in [0.2, 0.25) is 10.0 Å². The Morgan fingerprint density at radius 1 is 1.08 bits per heavy atom. The molecule has 0 aromatic heterocycles. The summed E-state index contributed by atoms with van der Waals surface area (Å²) in [6, 6.07) is 7.93. The predicted octanol–water partition coefficient (Wildman–Crippen LogP) is 2.62. The van der Waals surface area contributed by atoms with Crippen LogP contribution in [0.1, 0.15) is 51.2 Å². The van der Waals surface area contributed by atoms with Crippen LogP contribution in [0.25, 0.3) is 0 Å². The lowest BCUT2D eigenvalue weighted by Gasteiger charge is -2.18. The van der Waals surface area contributed by atoms with Crippen molar-refractivity contribution < 1.29 is 8.42 Å². The lowest BCUT2D eigenvalue weighted by molar-refractivity contribution is 0.491. The summed E-state index contributed by atoms with van der Waals surface area (Å²) in [6.07, 6.45) is 3.57. The maximum absolute atomic E-state index is 11.6. The second-order valence-corrected chi connectivity index (χ2v) is 9.00. The zero-order chi connectivity index (χ0) is 19.6. The summed E-state index contributed by atoms with van der Waals surface area (Å²) in [5.41, 5.74) is 1.84. The molecule has 0 fully saturated rings. The van der Waals surface area contributed by atoms with Crippen LogP contribution in [0.3, 0.4) is 0 Å². The molecule has 1 aromatic carbocycles. The largest absolute Gasteiger partial charge is 0.354 e. The predicted molar refractivity (Wildman–Crippen MR) is 110 cm³/mol. The molecule has 1 atom stereocenters. The molecule has 1 rings (SSSR count). The van der Waals surface area contributed by atoms with Crippen LogP contribution in [0.2, 0.25) is 0 Å². The molecule has 0 heterocycles. The molecule has 3 N–H and O–H groups in total. The minimum Gasteiger partial charge on any atom is -0.354 e. The Kier molecular flexibility index (Phi) is 9.65. The van der Waals surface area contributed by atoms with Gasteiger partial charge < -0.3 is 10.6 Å². The van der Waals surface area contributed by atoms with Crippen molar-refractivity contribution in [3.05, 3.63) is 35.4 Å². The molecule has 26 heavy (non-hydrogen) atoms. The summed E-state index contributed by atoms with van der Waals surface area (Å²) in [5.74, 6) is 1.52. The summed E-state index contributed by atoms with van der Waals surface area (Å²) in [7, 11) is -0.0442. The fourth-order valence-electron chi connectivity index (χ4n) is 2.56. The molecule has 0 amide bonds. The van der Waals surface area contributed by atoms with Gasteiger partial charge in [0, 0.05) is 19.6 Å². The number of aliphatic imine (C=N–C) groups is 1. The van der Waals surface area contributed by atoms with Crippen LogP contribution in [0.5, 0.6) is 0 Å². The Labute approximate surface area is 158 Å². The number of nitrogens with one attached hydrogen (secondary N) is 3. The Hall–Kier alpha value is -1.60. The van der Waals surface area contributed by atoms with Gasteiger partial charge in [0.1, 0.15) is 0 Å². The quantitative estimate of drug-likeness (QED) is 0.429. The van der Waals surface area contributed by atoms with Crippen molar-refractivity contribution in [1.82, 2.24) is 15.4 Å². The number of rotatable bonds is 10. The van der Waals surface area contributed by atoms with E-state index in [0.29, 0.717) is 12.6 Å². The second kappa shape index (κ2) is 11.2. The van der Waals surface area contributed by atoms with Crippen molar-refractivity contribution in [2.24, 2.45) is 10.9 Å². The van der Waals surface area contributed by atoms with Gasteiger partial charge in [-0.2, -0.15) is 0 Å². The summed E-state index contributed by atoms with van der Waals surface area (Å²) < 4.78 is 25.5. The van der Waals surface area contributed by atoms with Gasteiger partial charge in [-0.3, -0.25) is 4.99 Å². The van der Waals surface area contributed by atoms with E-state index in [2.05, 4.69) is 41.1 Å². The van der Waals surface area contributed by atoms with E-state index in [1.807, 2.05) is 24.3 Å². The summed E-state index contributed by atoms with van der Waals surface area (Å²) >= 11 is 0. The third-order valence-electron chi connectivity index (χ3n) is 4.18. The van der Waals surface area contributed by atoms with Gasteiger partial charge in [-0.25, -0.2) is 13.1 Å². The van der Waals surface area contributed by atoms with Gasteiger partial charge in [0.05, 0.1) is 5.75 Å². The number of nitrogens with zero attached hydrogens (tertiary/aromatic N) is 1. The third kappa shape index (κ3) is 9.20. The van der Waals surface area contributed by atoms with Gasteiger partial charge in [-0.1, -0.05) is 51.0 Å². The maximum Gasteiger partial charge on any atom is 0.215 e. The van der Waals surface area contributed by atoms with Crippen molar-refractivity contribution in [2.45, 2.75) is 58.4 Å². The molecular weight excluding hydrogens is 348 g/mol. The van der Waals surface area contributed by atoms with Gasteiger partial charge in [0.25, 0.3) is 0 Å². The van der Waals surface area contributed by atoms with Crippen molar-refractivity contribution in [2.75, 3.05) is 14.1 Å². The van der Waals surface area contributed by atoms with Crippen LogP contribution in [-0.4, -0.2) is 34.5 Å². The lowest BCUT2D eigenvalue weighted by atomic mass is 10.0. The van der Waals surface area contributed by atoms with Crippen molar-refractivity contribution in [1.29, 1.82) is 0 Å². The molecule has 0 aliphatic carbocycles. The highest BCUT2D eigenvalue weighted by Crippen LogP contribution is 2.09. The molecular formula is C19H34N4O2S. The number of guanidine groups is 1. The summed E-state index contributed by atoms with van der Waals surface area (Å²) in [6.45, 7) is 7.30. The van der Waals surface area contributed by atoms with Crippen LogP contribution in [-0.2, 0) is 22.3 Å². The van der Waals surface area contributed by atoms with Gasteiger partial charge >= 0.3 is 0 Å². The highest BCUT2D eigenvalue weighted by molar-refractivity contribution is 7.88. The summed E-state index contributed by atoms with van der Waals surface area (Å²) in [5, 5.41) is 6.71. The lowest BCUT2D eigenvalue weighted by Crippen LogP contribution is -2.41. The first-order valence-corrected chi connectivity index (χ1v) is 10.9. The average Bonchev–Trinajstić information content (AvgIpc) is 2.59. The highest BCUT2D eigenvalue weighted by atomic mass is 32.2. The van der Waals surface area contributed by atoms with Crippen LogP contribution in [0.4, 0.5) is 0 Å². The first-order valence-electron chi connectivity index (χ1n) is 9.22. The topological polar surface area (TPSA) is 82.6 Å². The zero-order valence-corrected chi connectivity index (χ0v) is 17.5. The molecule has 0 aliphatic heterocycles. The molecule has 148 valence electrons. The number of hydrogen-bond acceptors (Lipinski definition) is 3. The molecule has 7 heteroatoms. The van der Waals surface area contributed by atoms with Crippen molar-refractivity contribution in [3.8, 4) is 0 Å². The Balaban J connectivity index is 2.46. The average molecular weight is 383 g/mol. The molecule has 1 aromatic rings. The van der Waals surface area contributed by atoms with E-state index in [9.17, 15) is 8.42 Å². The minimum absolute atomic E-state index is 0.00563. The van der Waals surface area contributed by atoms with Crippen LogP contribution < -0.4 is 15.4 Å². The molecule has 6 nitrogen and oxygen atoms in total. The normalized spacial score (nSPS) is 13.7. The molecule has 0 aliphatic rings. The number of sulfonamides is 1. The molecule has 0 radical (unpaired) electrons. The maximum atomic E-state index is 11.6. The number of hydrogen-bond donors (Lipinski definition) is 3. The monoisotopic (exact) mass is 382 g/mol. The van der Waals surface area contributed by atoms with Gasteiger partial charge in [0.15, 0.2) is 5.96 Å². The fraction of sp³-hybridized carbons (Fsp3) is 0.632. The van der Waals surface area contributed by atoms with E-state index in [1.165, 1.54) is 19.9 Å². The SMILES string of the molecule is CN=C(NCc1ccc(CS(=O)(=O)NC)cc1)NC(C)CCCC(C)C. The Morgan fingerprint density at radius 2 is 1.69 bits per heavy atom. The highest BCUT2D eigenvalue weighted by Gasteiger charge is 2.09. The molecule has 0 spiro atoms. The van der Waals surface area contributed by atoms with E-state index < -0.39 is 10.0 Å². The molecule has 1 unspecified atom stereocenters. The van der Waals surface area contributed by atoms with E-state index in [1.54, 1.807) is 7.05 Å². The molecule has 0 bridgehead atoms. The number of benzene rings is 1. The standard InChI is InChI=1S/C19H34N4O2S/c1-15(2)7-6-8-16(3)23-19(20-4)22-13-17-9-11-18(12-10-17)14-26(24,25)21-5/h9-12,15-16,21H,6-8,13-14H2,1-5H3,(H2,20,22,23). The van der Waals surface area contributed by atoms with E-state index in [4.69, 9.17) is 0 Å². The smallest absolute Gasteiger partial charge is 0.215 e. The first-order chi connectivity index (χ1) is 12.3. The Morgan fingerprint density at radius 3 is 2.23 bits per heavy atom. The van der Waals surface area contributed by atoms with Crippen LogP contribution in [0, 0.1) is 5.92 Å². The Bertz CT molecular complexity index is 655. The molecule has 0 saturated heterocycles. The van der Waals surface area contributed by atoms with Gasteiger partial charge in [-0.05, 0) is 37.4 Å². The second-order valence-electron chi connectivity index (χ2n) is 7.08. The first kappa shape index (κ1) is 22.4. The fourth-order valence-corrected chi connectivity index (χ4v) is 3.34. The third-order valence-corrected chi connectivity index (χ3v) is 5.51. The van der Waals surface area contributed by atoms with E-state index in [0.717, 1.165) is 29.4 Å². The van der Waals surface area contributed by atoms with Crippen molar-refractivity contribution >= 4 is 16.0 Å². The van der Waals surface area contributed by atoms with Crippen molar-refractivity contribution in [3.63, 3.8) is 0 Å². The molecule has 0 saturated carbocycles. The van der Waals surface area contributed by atoms with Gasteiger partial charge in [-0.15, -0.1) is 0 Å². The van der Waals surface area contributed by atoms with E-state index in [-0.39, 0.29) is 5.75 Å². The van der Waals surface area contributed by atoms with Crippen LogP contribution in [0.15, 0.2) is 29.3 Å². The zero-order valence-electron chi connectivity index (χ0n) is 16.7. The minimum atomic E-state index is -3.24. The van der Waals surface area contributed by atoms with Crippen LogP contribution >= 0.6 is 0 Å². The van der Waals surface area contributed by atoms with E-state index >= 15 is 0 Å².